The second kappa shape index (κ2) is 4.34. The zero-order chi connectivity index (χ0) is 10.7. The molecule has 0 fully saturated rings. The monoisotopic (exact) mass is 200 g/mol. The molecule has 3 heteroatoms. The zero-order valence-electron chi connectivity index (χ0n) is 8.57. The number of benzene rings is 1. The van der Waals surface area contributed by atoms with E-state index in [1.807, 2.05) is 30.3 Å². The Morgan fingerprint density at radius 1 is 1.27 bits per heavy atom. The number of hydrogen-bond donors (Lipinski definition) is 1. The maximum atomic E-state index is 11.1. The summed E-state index contributed by atoms with van der Waals surface area (Å²) in [6.45, 7) is 0. The predicted molar refractivity (Wildman–Crippen MR) is 62.4 cm³/mol. The maximum absolute atomic E-state index is 11.1. The Kier molecular flexibility index (Phi) is 2.90. The van der Waals surface area contributed by atoms with Crippen LogP contribution in [0.15, 0.2) is 35.9 Å². The summed E-state index contributed by atoms with van der Waals surface area (Å²) in [5.41, 5.74) is 2.69. The van der Waals surface area contributed by atoms with Crippen molar-refractivity contribution < 1.29 is 9.90 Å². The molecule has 0 bridgehead atoms. The van der Waals surface area contributed by atoms with Crippen molar-refractivity contribution >= 4 is 18.8 Å². The molecule has 0 spiro atoms. The number of allylic oxidation sites excluding steroid dienone is 1. The summed E-state index contributed by atoms with van der Waals surface area (Å²) >= 11 is 0. The van der Waals surface area contributed by atoms with E-state index < -0.39 is 5.97 Å². The maximum Gasteiger partial charge on any atom is 0.331 e. The number of aliphatic carboxylic acids is 1. The van der Waals surface area contributed by atoms with E-state index in [-0.39, 0.29) is 0 Å². The van der Waals surface area contributed by atoms with Crippen LogP contribution in [0.2, 0.25) is 12.6 Å². The van der Waals surface area contributed by atoms with Crippen LogP contribution >= 0.6 is 0 Å². The van der Waals surface area contributed by atoms with Crippen molar-refractivity contribution in [3.05, 3.63) is 41.5 Å². The molecule has 15 heavy (non-hydrogen) atoms. The van der Waals surface area contributed by atoms with Gasteiger partial charge in [0.15, 0.2) is 0 Å². The molecule has 1 N–H and O–H groups in total. The summed E-state index contributed by atoms with van der Waals surface area (Å²) in [6.07, 6.45) is 2.70. The summed E-state index contributed by atoms with van der Waals surface area (Å²) in [6, 6.07) is 9.84. The third-order valence-corrected chi connectivity index (χ3v) is 2.85. The molecule has 1 aliphatic rings. The van der Waals surface area contributed by atoms with E-state index >= 15 is 0 Å². The molecule has 0 amide bonds. The van der Waals surface area contributed by atoms with Gasteiger partial charge in [-0.1, -0.05) is 36.7 Å². The van der Waals surface area contributed by atoms with Gasteiger partial charge in [-0.05, 0) is 23.9 Å². The van der Waals surface area contributed by atoms with Crippen LogP contribution in [0.5, 0.6) is 0 Å². The first-order chi connectivity index (χ1) is 7.29. The Balaban J connectivity index is 2.44. The van der Waals surface area contributed by atoms with Crippen molar-refractivity contribution in [2.45, 2.75) is 19.1 Å². The number of hydrogen-bond acceptors (Lipinski definition) is 1. The Morgan fingerprint density at radius 2 is 2.00 bits per heavy atom. The van der Waals surface area contributed by atoms with Crippen LogP contribution in [0.25, 0.3) is 5.57 Å². The standard InChI is InChI=1S/C12H13BO2/c14-12(15)11-8-13-7-6-10(11)9-4-2-1-3-5-9/h1-5,13H,6-8H2,(H,14,15). The highest BCUT2D eigenvalue weighted by molar-refractivity contribution is 6.39. The predicted octanol–water partition coefficient (Wildman–Crippen LogP) is 2.20. The van der Waals surface area contributed by atoms with Gasteiger partial charge in [-0.25, -0.2) is 4.79 Å². The van der Waals surface area contributed by atoms with E-state index in [1.165, 1.54) is 0 Å². The minimum absolute atomic E-state index is 0.604. The van der Waals surface area contributed by atoms with Crippen LogP contribution in [-0.4, -0.2) is 18.4 Å². The topological polar surface area (TPSA) is 37.3 Å². The molecular formula is C12H13BO2. The van der Waals surface area contributed by atoms with Crippen LogP contribution in [0.3, 0.4) is 0 Å². The van der Waals surface area contributed by atoms with Crippen LogP contribution in [0, 0.1) is 0 Å². The number of carboxylic acids is 1. The van der Waals surface area contributed by atoms with Gasteiger partial charge in [0.05, 0.1) is 0 Å². The average molecular weight is 200 g/mol. The third-order valence-electron chi connectivity index (χ3n) is 2.85. The lowest BCUT2D eigenvalue weighted by Gasteiger charge is -2.17. The molecule has 0 saturated carbocycles. The van der Waals surface area contributed by atoms with Crippen LogP contribution < -0.4 is 0 Å². The van der Waals surface area contributed by atoms with Crippen molar-refractivity contribution in [2.24, 2.45) is 0 Å². The first kappa shape index (κ1) is 10.0. The molecule has 1 aromatic rings. The lowest BCUT2D eigenvalue weighted by Crippen LogP contribution is -2.11. The van der Waals surface area contributed by atoms with Gasteiger partial charge in [-0.15, -0.1) is 0 Å². The van der Waals surface area contributed by atoms with Crippen LogP contribution in [0.1, 0.15) is 12.0 Å². The van der Waals surface area contributed by atoms with Gasteiger partial charge in [-0.3, -0.25) is 0 Å². The smallest absolute Gasteiger partial charge is 0.331 e. The molecular weight excluding hydrogens is 187 g/mol. The van der Waals surface area contributed by atoms with Gasteiger partial charge in [-0.2, -0.15) is 0 Å². The lowest BCUT2D eigenvalue weighted by atomic mass is 9.61. The van der Waals surface area contributed by atoms with E-state index in [2.05, 4.69) is 0 Å². The van der Waals surface area contributed by atoms with Gasteiger partial charge >= 0.3 is 5.97 Å². The van der Waals surface area contributed by atoms with E-state index in [4.69, 9.17) is 5.11 Å². The largest absolute Gasteiger partial charge is 0.478 e. The number of carboxylic acid groups (broad SMARTS) is 1. The van der Waals surface area contributed by atoms with Gasteiger partial charge in [0, 0.05) is 5.57 Å². The number of rotatable bonds is 2. The van der Waals surface area contributed by atoms with Gasteiger partial charge < -0.3 is 5.11 Å². The highest BCUT2D eigenvalue weighted by atomic mass is 16.4. The quantitative estimate of drug-likeness (QED) is 0.743. The SMILES string of the molecule is O=C(O)C1=C(c2ccccc2)CCBC1. The highest BCUT2D eigenvalue weighted by Crippen LogP contribution is 2.30. The molecule has 0 unspecified atom stereocenters. The van der Waals surface area contributed by atoms with Crippen LogP contribution in [-0.2, 0) is 4.79 Å². The van der Waals surface area contributed by atoms with E-state index in [9.17, 15) is 4.79 Å². The summed E-state index contributed by atoms with van der Waals surface area (Å²) in [5, 5.41) is 9.11. The molecule has 1 aliphatic heterocycles. The van der Waals surface area contributed by atoms with Crippen molar-refractivity contribution in [1.29, 1.82) is 0 Å². The first-order valence-corrected chi connectivity index (χ1v) is 5.30. The fourth-order valence-corrected chi connectivity index (χ4v) is 2.10. The summed E-state index contributed by atoms with van der Waals surface area (Å²) in [4.78, 5) is 11.1. The Hall–Kier alpha value is -1.51. The first-order valence-electron chi connectivity index (χ1n) is 5.30. The molecule has 0 aliphatic carbocycles. The molecule has 76 valence electrons. The van der Waals surface area contributed by atoms with Crippen molar-refractivity contribution in [3.63, 3.8) is 0 Å². The van der Waals surface area contributed by atoms with Crippen molar-refractivity contribution in [1.82, 2.24) is 0 Å². The Labute approximate surface area is 89.9 Å². The summed E-state index contributed by atoms with van der Waals surface area (Å²) in [7, 11) is 0.998. The van der Waals surface area contributed by atoms with E-state index in [0.717, 1.165) is 31.2 Å². The van der Waals surface area contributed by atoms with Gasteiger partial charge in [0.25, 0.3) is 0 Å². The second-order valence-electron chi connectivity index (χ2n) is 3.84. The average Bonchev–Trinajstić information content (AvgIpc) is 2.30. The van der Waals surface area contributed by atoms with E-state index in [1.54, 1.807) is 0 Å². The Morgan fingerprint density at radius 3 is 2.67 bits per heavy atom. The summed E-state index contributed by atoms with van der Waals surface area (Å²) in [5.74, 6) is -0.756. The fourth-order valence-electron chi connectivity index (χ4n) is 2.10. The summed E-state index contributed by atoms with van der Waals surface area (Å²) < 4.78 is 0. The Bertz CT molecular complexity index is 395. The normalized spacial score (nSPS) is 16.0. The molecule has 1 aromatic carbocycles. The van der Waals surface area contributed by atoms with E-state index in [0.29, 0.717) is 11.9 Å². The second-order valence-corrected chi connectivity index (χ2v) is 3.84. The molecule has 2 nitrogen and oxygen atoms in total. The van der Waals surface area contributed by atoms with Crippen LogP contribution in [0.4, 0.5) is 0 Å². The van der Waals surface area contributed by atoms with Crippen molar-refractivity contribution in [2.75, 3.05) is 0 Å². The molecule has 0 atom stereocenters. The highest BCUT2D eigenvalue weighted by Gasteiger charge is 2.19. The lowest BCUT2D eigenvalue weighted by molar-refractivity contribution is -0.132. The van der Waals surface area contributed by atoms with Gasteiger partial charge in [0.2, 0.25) is 0 Å². The minimum atomic E-state index is -0.756. The van der Waals surface area contributed by atoms with Gasteiger partial charge in [0.1, 0.15) is 7.28 Å². The molecule has 2 rings (SSSR count). The number of carbonyl (C=O) groups is 1. The molecule has 0 radical (unpaired) electrons. The van der Waals surface area contributed by atoms with Crippen molar-refractivity contribution in [3.8, 4) is 0 Å². The molecule has 0 aromatic heterocycles. The zero-order valence-corrected chi connectivity index (χ0v) is 8.57. The molecule has 0 saturated heterocycles. The third kappa shape index (κ3) is 2.12. The fraction of sp³-hybridized carbons (Fsp3) is 0.250. The molecule has 1 heterocycles. The minimum Gasteiger partial charge on any atom is -0.478 e.